The Labute approximate surface area is 161 Å². The third kappa shape index (κ3) is 2.74. The largest absolute Gasteiger partial charge is 0.393 e. The first-order valence-corrected chi connectivity index (χ1v) is 10.4. The minimum atomic E-state index is 0.119. The van der Waals surface area contributed by atoms with Crippen LogP contribution in [0.5, 0.6) is 0 Å². The van der Waals surface area contributed by atoms with Crippen molar-refractivity contribution in [3.05, 3.63) is 17.5 Å². The maximum atomic E-state index is 9.32. The second-order valence-corrected chi connectivity index (χ2v) is 8.20. The molecule has 27 heavy (non-hydrogen) atoms. The number of thiophene rings is 1. The van der Waals surface area contributed by atoms with Crippen molar-refractivity contribution >= 4 is 43.4 Å². The fourth-order valence-electron chi connectivity index (χ4n) is 4.28. The molecule has 0 atom stereocenters. The fraction of sp³-hybridized carbons (Fsp3) is 0.526. The number of aromatic amines is 1. The van der Waals surface area contributed by atoms with Crippen LogP contribution in [0.1, 0.15) is 17.5 Å². The number of anilines is 2. The van der Waals surface area contributed by atoms with E-state index >= 15 is 0 Å². The number of nitrogens with one attached hydrogen (secondary N) is 1. The van der Waals surface area contributed by atoms with Crippen LogP contribution in [0, 0.1) is 0 Å². The van der Waals surface area contributed by atoms with E-state index in [0.29, 0.717) is 6.54 Å². The van der Waals surface area contributed by atoms with Gasteiger partial charge in [-0.15, -0.1) is 16.3 Å². The van der Waals surface area contributed by atoms with Gasteiger partial charge in [-0.2, -0.15) is 0 Å². The van der Waals surface area contributed by atoms with Gasteiger partial charge in [-0.25, -0.2) is 9.97 Å². The van der Waals surface area contributed by atoms with Gasteiger partial charge in [0.2, 0.25) is 12.1 Å². The number of nitrogens with zero attached hydrogens (tertiary/aromatic N) is 4. The summed E-state index contributed by atoms with van der Waals surface area (Å²) in [5.74, 6) is 2.15. The predicted octanol–water partition coefficient (Wildman–Crippen LogP) is 1.41. The summed E-state index contributed by atoms with van der Waals surface area (Å²) in [5.41, 5.74) is 3.87. The number of aliphatic hydroxyl groups is 1. The molecule has 7 nitrogen and oxygen atoms in total. The van der Waals surface area contributed by atoms with E-state index in [4.69, 9.17) is 9.72 Å². The van der Waals surface area contributed by atoms with Gasteiger partial charge in [-0.05, 0) is 30.4 Å². The highest BCUT2D eigenvalue weighted by Gasteiger charge is 2.29. The average Bonchev–Trinajstić information content (AvgIpc) is 3.32. The molecule has 0 radical (unpaired) electrons. The maximum absolute atomic E-state index is 9.32. The third-order valence-electron chi connectivity index (χ3n) is 5.60. The van der Waals surface area contributed by atoms with Gasteiger partial charge in [0.1, 0.15) is 15.3 Å². The first-order valence-electron chi connectivity index (χ1n) is 9.57. The molecule has 0 spiro atoms. The van der Waals surface area contributed by atoms with E-state index in [1.54, 1.807) is 17.7 Å². The van der Waals surface area contributed by atoms with Gasteiger partial charge in [0.15, 0.2) is 5.52 Å². The molecule has 0 unspecified atom stereocenters. The lowest BCUT2D eigenvalue weighted by atomic mass is 10.1. The standard InChI is InChI=1S/C19H23N5O2S/c1-23(5-8-25)18-16-15(20-11-21-18)14-12-3-2-4-13(12)17(22-19(14)27-16)24-6-9-26-10-7-24/h11,25H,2-10H2,1H3/p+1. The molecule has 2 N–H and O–H groups in total. The van der Waals surface area contributed by atoms with E-state index in [2.05, 4.69) is 14.9 Å². The number of fused-ring (bicyclic) bond motifs is 5. The van der Waals surface area contributed by atoms with E-state index < -0.39 is 0 Å². The number of hydrogen-bond donors (Lipinski definition) is 1. The Hall–Kier alpha value is -2.03. The Morgan fingerprint density at radius 3 is 2.93 bits per heavy atom. The molecule has 1 aliphatic heterocycles. The lowest BCUT2D eigenvalue weighted by Gasteiger charge is -2.29. The molecular formula is C19H24N5O2S+. The number of hydrogen-bond acceptors (Lipinski definition) is 7. The van der Waals surface area contributed by atoms with Gasteiger partial charge < -0.3 is 14.7 Å². The molecule has 2 aliphatic rings. The summed E-state index contributed by atoms with van der Waals surface area (Å²) in [6, 6.07) is 0. The van der Waals surface area contributed by atoms with Crippen LogP contribution in [-0.4, -0.2) is 61.6 Å². The van der Waals surface area contributed by atoms with Gasteiger partial charge in [0, 0.05) is 13.1 Å². The number of ether oxygens (including phenoxy) is 1. The minimum absolute atomic E-state index is 0.119. The van der Waals surface area contributed by atoms with Gasteiger partial charge in [-0.1, -0.05) is 0 Å². The Kier molecular flexibility index (Phi) is 4.34. The van der Waals surface area contributed by atoms with Crippen molar-refractivity contribution in [2.75, 3.05) is 56.3 Å². The van der Waals surface area contributed by atoms with Crippen molar-refractivity contribution in [2.24, 2.45) is 0 Å². The zero-order chi connectivity index (χ0) is 18.4. The van der Waals surface area contributed by atoms with Crippen molar-refractivity contribution in [3.63, 3.8) is 0 Å². The van der Waals surface area contributed by atoms with Gasteiger partial charge in [0.25, 0.3) is 0 Å². The SMILES string of the molecule is CN(CCO)c1[nH+]cnc2c1sc1nc(N3CCOCC3)c3c(c12)CCC3. The summed E-state index contributed by atoms with van der Waals surface area (Å²) in [4.78, 5) is 18.6. The Morgan fingerprint density at radius 1 is 1.30 bits per heavy atom. The van der Waals surface area contributed by atoms with Crippen LogP contribution in [0.2, 0.25) is 0 Å². The first kappa shape index (κ1) is 17.1. The molecule has 3 aromatic rings. The number of morpholine rings is 1. The second kappa shape index (κ2) is 6.85. The molecule has 1 fully saturated rings. The van der Waals surface area contributed by atoms with Crippen LogP contribution >= 0.6 is 11.3 Å². The zero-order valence-corrected chi connectivity index (χ0v) is 16.3. The average molecular weight is 387 g/mol. The summed E-state index contributed by atoms with van der Waals surface area (Å²) in [6.45, 7) is 4.06. The number of pyridine rings is 1. The molecule has 4 heterocycles. The van der Waals surface area contributed by atoms with Crippen molar-refractivity contribution in [1.29, 1.82) is 0 Å². The van der Waals surface area contributed by atoms with Crippen LogP contribution < -0.4 is 14.8 Å². The summed E-state index contributed by atoms with van der Waals surface area (Å²) in [6.07, 6.45) is 5.13. The second-order valence-electron chi connectivity index (χ2n) is 7.20. The highest BCUT2D eigenvalue weighted by atomic mass is 32.1. The van der Waals surface area contributed by atoms with Crippen molar-refractivity contribution in [3.8, 4) is 0 Å². The predicted molar refractivity (Wildman–Crippen MR) is 107 cm³/mol. The summed E-state index contributed by atoms with van der Waals surface area (Å²) in [5, 5.41) is 10.6. The Morgan fingerprint density at radius 2 is 2.11 bits per heavy atom. The molecule has 5 rings (SSSR count). The summed E-state index contributed by atoms with van der Waals surface area (Å²) < 4.78 is 6.65. The van der Waals surface area contributed by atoms with E-state index in [0.717, 1.165) is 65.8 Å². The van der Waals surface area contributed by atoms with Gasteiger partial charge >= 0.3 is 0 Å². The van der Waals surface area contributed by atoms with Gasteiger partial charge in [0.05, 0.1) is 38.8 Å². The van der Waals surface area contributed by atoms with E-state index in [-0.39, 0.29) is 6.61 Å². The van der Waals surface area contributed by atoms with Crippen LogP contribution in [0.4, 0.5) is 11.6 Å². The van der Waals surface area contributed by atoms with Gasteiger partial charge in [-0.3, -0.25) is 4.90 Å². The quantitative estimate of drug-likeness (QED) is 0.731. The lowest BCUT2D eigenvalue weighted by Crippen LogP contribution is -2.37. The van der Waals surface area contributed by atoms with Crippen LogP contribution in [0.25, 0.3) is 20.4 Å². The fourth-order valence-corrected chi connectivity index (χ4v) is 5.49. The molecule has 1 aliphatic carbocycles. The number of likely N-dealkylation sites (N-methyl/N-ethyl adjacent to an activating group) is 1. The van der Waals surface area contributed by atoms with E-state index in [1.165, 1.54) is 22.9 Å². The molecule has 1 saturated heterocycles. The monoisotopic (exact) mass is 386 g/mol. The number of aryl methyl sites for hydroxylation is 1. The highest BCUT2D eigenvalue weighted by Crippen LogP contribution is 2.43. The molecule has 0 saturated carbocycles. The van der Waals surface area contributed by atoms with Crippen molar-refractivity contribution < 1.29 is 14.8 Å². The molecule has 0 bridgehead atoms. The van der Waals surface area contributed by atoms with Crippen LogP contribution in [0.15, 0.2) is 6.33 Å². The molecular weight excluding hydrogens is 362 g/mol. The van der Waals surface area contributed by atoms with E-state index in [9.17, 15) is 5.11 Å². The lowest BCUT2D eigenvalue weighted by molar-refractivity contribution is -0.366. The third-order valence-corrected chi connectivity index (χ3v) is 6.68. The zero-order valence-electron chi connectivity index (χ0n) is 15.5. The smallest absolute Gasteiger partial charge is 0.242 e. The highest BCUT2D eigenvalue weighted by molar-refractivity contribution is 7.26. The molecule has 8 heteroatoms. The van der Waals surface area contributed by atoms with Crippen molar-refractivity contribution in [1.82, 2.24) is 9.97 Å². The number of H-pyrrole nitrogens is 1. The normalized spacial score (nSPS) is 17.0. The molecule has 0 aromatic carbocycles. The first-order chi connectivity index (χ1) is 13.3. The number of aliphatic hydroxyl groups excluding tert-OH is 1. The summed E-state index contributed by atoms with van der Waals surface area (Å²) in [7, 11) is 1.99. The van der Waals surface area contributed by atoms with Crippen molar-refractivity contribution in [2.45, 2.75) is 19.3 Å². The molecule has 142 valence electrons. The maximum Gasteiger partial charge on any atom is 0.242 e. The van der Waals surface area contributed by atoms with Crippen LogP contribution in [-0.2, 0) is 17.6 Å². The topological polar surface area (TPSA) is 75.9 Å². The minimum Gasteiger partial charge on any atom is -0.393 e. The number of aromatic nitrogens is 3. The molecule has 3 aromatic heterocycles. The van der Waals surface area contributed by atoms with Crippen LogP contribution in [0.3, 0.4) is 0 Å². The van der Waals surface area contributed by atoms with E-state index in [1.807, 2.05) is 11.9 Å². The Bertz CT molecular complexity index is 999. The number of rotatable bonds is 4. The molecule has 0 amide bonds. The Balaban J connectivity index is 1.73. The summed E-state index contributed by atoms with van der Waals surface area (Å²) >= 11 is 1.70.